The van der Waals surface area contributed by atoms with Crippen molar-refractivity contribution in [3.8, 4) is 5.75 Å². The molecule has 0 heterocycles. The summed E-state index contributed by atoms with van der Waals surface area (Å²) in [5.41, 5.74) is 2.67. The van der Waals surface area contributed by atoms with Gasteiger partial charge in [-0.3, -0.25) is 0 Å². The first-order valence-electron chi connectivity index (χ1n) is 15.9. The van der Waals surface area contributed by atoms with E-state index in [1.807, 2.05) is 25.7 Å². The van der Waals surface area contributed by atoms with Crippen molar-refractivity contribution in [1.82, 2.24) is 0 Å². The van der Waals surface area contributed by atoms with Gasteiger partial charge in [0.2, 0.25) is 8.32 Å². The molecule has 0 saturated heterocycles. The van der Waals surface area contributed by atoms with E-state index in [1.165, 1.54) is 43.2 Å². The normalized spacial score (nSPS) is 23.9. The lowest BCUT2D eigenvalue weighted by molar-refractivity contribution is -0.137. The first kappa shape index (κ1) is 33.6. The molecule has 0 bridgehead atoms. The Hall–Kier alpha value is -0.939. The van der Waals surface area contributed by atoms with E-state index in [0.29, 0.717) is 30.0 Å². The van der Waals surface area contributed by atoms with E-state index in [4.69, 9.17) is 18.0 Å². The molecule has 0 N–H and O–H groups in total. The van der Waals surface area contributed by atoms with Crippen LogP contribution in [-0.4, -0.2) is 49.7 Å². The summed E-state index contributed by atoms with van der Waals surface area (Å²) in [6.07, 6.45) is 11.2. The van der Waals surface area contributed by atoms with Crippen LogP contribution in [0.15, 0.2) is 18.2 Å². The van der Waals surface area contributed by atoms with Gasteiger partial charge < -0.3 is 18.0 Å². The molecule has 0 aromatic heterocycles. The number of carbonyl (C=O) groups is 1. The van der Waals surface area contributed by atoms with Gasteiger partial charge in [0.05, 0.1) is 0 Å². The molecule has 2 aliphatic carbocycles. The second-order valence-corrected chi connectivity index (χ2v) is 28.5. The standard InChI is InChI=1S/C32H58O5Si3/c1-11-12-13-16-26(35-38(2,3)4)18-19-27-28-20-24-15-14-17-30(34-23-32(33)37-40(8,9)10)29(24)21-25(28)22-31(27)36-39(5,6)7/h14-15,17,25-28,31H,11-13,16,18-23H2,1-10H3/t25-,26?,27+,28-,31?/m0/s1. The average Bonchev–Trinajstić information content (AvgIpc) is 3.11. The molecule has 40 heavy (non-hydrogen) atoms. The maximum absolute atomic E-state index is 12.4. The van der Waals surface area contributed by atoms with E-state index in [1.54, 1.807) is 0 Å². The minimum absolute atomic E-state index is 0.0185. The summed E-state index contributed by atoms with van der Waals surface area (Å²) in [4.78, 5) is 12.4. The molecule has 1 fully saturated rings. The quantitative estimate of drug-likeness (QED) is 0.148. The molecular weight excluding hydrogens is 549 g/mol. The summed E-state index contributed by atoms with van der Waals surface area (Å²) in [5, 5.41) is 0. The molecule has 0 spiro atoms. The van der Waals surface area contributed by atoms with E-state index >= 15 is 0 Å². The van der Waals surface area contributed by atoms with Crippen LogP contribution in [0.1, 0.15) is 63.0 Å². The number of ether oxygens (including phenoxy) is 1. The lowest BCUT2D eigenvalue weighted by atomic mass is 9.73. The second-order valence-electron chi connectivity index (χ2n) is 15.2. The number of fused-ring (bicyclic) bond motifs is 2. The monoisotopic (exact) mass is 606 g/mol. The Morgan fingerprint density at radius 2 is 1.65 bits per heavy atom. The first-order chi connectivity index (χ1) is 18.5. The largest absolute Gasteiger partial charge is 0.517 e. The van der Waals surface area contributed by atoms with Crippen molar-refractivity contribution in [1.29, 1.82) is 0 Å². The van der Waals surface area contributed by atoms with Gasteiger partial charge in [0.25, 0.3) is 0 Å². The van der Waals surface area contributed by atoms with Gasteiger partial charge in [-0.2, -0.15) is 0 Å². The summed E-state index contributed by atoms with van der Waals surface area (Å²) in [6, 6.07) is 6.38. The molecule has 5 atom stereocenters. The Morgan fingerprint density at radius 1 is 0.925 bits per heavy atom. The molecule has 228 valence electrons. The SMILES string of the molecule is CCCCCC(CC[C@H]1C(O[Si](C)(C)C)C[C@@H]2Cc3c(cccc3OCC(=O)O[Si](C)(C)C)C[C@@H]21)O[Si](C)(C)C. The van der Waals surface area contributed by atoms with E-state index in [0.717, 1.165) is 31.4 Å². The Kier molecular flexibility index (Phi) is 11.8. The fraction of sp³-hybridized carbons (Fsp3) is 0.781. The lowest BCUT2D eigenvalue weighted by Crippen LogP contribution is -2.37. The van der Waals surface area contributed by atoms with Crippen LogP contribution in [0.2, 0.25) is 58.9 Å². The highest BCUT2D eigenvalue weighted by Gasteiger charge is 2.47. The van der Waals surface area contributed by atoms with Gasteiger partial charge in [-0.05, 0) is 132 Å². The van der Waals surface area contributed by atoms with Gasteiger partial charge in [-0.25, -0.2) is 4.79 Å². The molecule has 1 aromatic carbocycles. The number of unbranched alkanes of at least 4 members (excludes halogenated alkanes) is 2. The average molecular weight is 607 g/mol. The molecule has 1 aromatic rings. The highest BCUT2D eigenvalue weighted by Crippen LogP contribution is 2.50. The zero-order valence-electron chi connectivity index (χ0n) is 27.2. The molecule has 8 heteroatoms. The minimum Gasteiger partial charge on any atom is -0.517 e. The Bertz CT molecular complexity index is 963. The van der Waals surface area contributed by atoms with E-state index in [9.17, 15) is 4.79 Å². The predicted molar refractivity (Wildman–Crippen MR) is 174 cm³/mol. The minimum atomic E-state index is -1.93. The third-order valence-corrected chi connectivity index (χ3v) is 11.0. The molecule has 1 saturated carbocycles. The smallest absolute Gasteiger partial charge is 0.330 e. The summed E-state index contributed by atoms with van der Waals surface area (Å²) < 4.78 is 25.3. The summed E-state index contributed by atoms with van der Waals surface area (Å²) in [7, 11) is -5.21. The van der Waals surface area contributed by atoms with E-state index in [2.05, 4.69) is 58.3 Å². The van der Waals surface area contributed by atoms with Crippen molar-refractivity contribution >= 4 is 30.9 Å². The van der Waals surface area contributed by atoms with Crippen molar-refractivity contribution in [3.63, 3.8) is 0 Å². The van der Waals surface area contributed by atoms with Crippen molar-refractivity contribution in [3.05, 3.63) is 29.3 Å². The van der Waals surface area contributed by atoms with Crippen LogP contribution in [0, 0.1) is 17.8 Å². The van der Waals surface area contributed by atoms with Crippen LogP contribution in [0.4, 0.5) is 0 Å². The molecule has 0 amide bonds. The third-order valence-electron chi connectivity index (χ3n) is 8.06. The van der Waals surface area contributed by atoms with E-state index in [-0.39, 0.29) is 12.6 Å². The zero-order chi connectivity index (χ0) is 29.7. The predicted octanol–water partition coefficient (Wildman–Crippen LogP) is 8.60. The van der Waals surface area contributed by atoms with Gasteiger partial charge >= 0.3 is 5.97 Å². The summed E-state index contributed by atoms with van der Waals surface area (Å²) in [5.74, 6) is 2.39. The van der Waals surface area contributed by atoms with Gasteiger partial charge in [0, 0.05) is 12.2 Å². The summed E-state index contributed by atoms with van der Waals surface area (Å²) in [6.45, 7) is 22.3. The van der Waals surface area contributed by atoms with Gasteiger partial charge in [0.1, 0.15) is 5.75 Å². The van der Waals surface area contributed by atoms with Crippen molar-refractivity contribution < 1.29 is 22.8 Å². The van der Waals surface area contributed by atoms with Crippen molar-refractivity contribution in [2.75, 3.05) is 6.61 Å². The first-order valence-corrected chi connectivity index (χ1v) is 26.1. The maximum Gasteiger partial charge on any atom is 0.330 e. The summed E-state index contributed by atoms with van der Waals surface area (Å²) >= 11 is 0. The number of carbonyl (C=O) groups excluding carboxylic acids is 1. The molecular formula is C32H58O5Si3. The fourth-order valence-corrected chi connectivity index (χ4v) is 9.93. The Labute approximate surface area is 248 Å². The van der Waals surface area contributed by atoms with Gasteiger partial charge in [0.15, 0.2) is 23.2 Å². The van der Waals surface area contributed by atoms with Crippen LogP contribution in [0.5, 0.6) is 5.75 Å². The molecule has 3 rings (SSSR count). The Morgan fingerprint density at radius 3 is 2.27 bits per heavy atom. The fourth-order valence-electron chi connectivity index (χ4n) is 6.77. The number of benzene rings is 1. The highest BCUT2D eigenvalue weighted by atomic mass is 28.4. The van der Waals surface area contributed by atoms with Crippen LogP contribution in [0.25, 0.3) is 0 Å². The maximum atomic E-state index is 12.4. The van der Waals surface area contributed by atoms with E-state index < -0.39 is 25.0 Å². The molecule has 2 unspecified atom stereocenters. The number of rotatable bonds is 15. The lowest BCUT2D eigenvalue weighted by Gasteiger charge is -2.35. The van der Waals surface area contributed by atoms with Crippen molar-refractivity contribution in [2.45, 2.75) is 136 Å². The molecule has 0 aliphatic heterocycles. The van der Waals surface area contributed by atoms with Crippen LogP contribution >= 0.6 is 0 Å². The van der Waals surface area contributed by atoms with Crippen LogP contribution < -0.4 is 4.74 Å². The van der Waals surface area contributed by atoms with Crippen LogP contribution in [-0.2, 0) is 30.9 Å². The second kappa shape index (κ2) is 14.0. The topological polar surface area (TPSA) is 54.0 Å². The van der Waals surface area contributed by atoms with Gasteiger partial charge in [-0.1, -0.05) is 38.3 Å². The number of hydrogen-bond acceptors (Lipinski definition) is 5. The van der Waals surface area contributed by atoms with Crippen LogP contribution in [0.3, 0.4) is 0 Å². The van der Waals surface area contributed by atoms with Crippen molar-refractivity contribution in [2.24, 2.45) is 17.8 Å². The Balaban J connectivity index is 1.76. The number of hydrogen-bond donors (Lipinski definition) is 0. The highest BCUT2D eigenvalue weighted by molar-refractivity contribution is 6.71. The zero-order valence-corrected chi connectivity index (χ0v) is 30.2. The molecule has 0 radical (unpaired) electrons. The molecule has 2 aliphatic rings. The van der Waals surface area contributed by atoms with Gasteiger partial charge in [-0.15, -0.1) is 0 Å². The third kappa shape index (κ3) is 10.7. The molecule has 5 nitrogen and oxygen atoms in total.